The van der Waals surface area contributed by atoms with Gasteiger partial charge in [-0.2, -0.15) is 0 Å². The SMILES string of the molecule is COC1CCN(c2cccnc2)C1. The lowest BCUT2D eigenvalue weighted by atomic mass is 10.3. The third-order valence-electron chi connectivity index (χ3n) is 2.49. The minimum atomic E-state index is 0.389. The number of rotatable bonds is 2. The van der Waals surface area contributed by atoms with Crippen molar-refractivity contribution in [2.45, 2.75) is 12.5 Å². The second-order valence-electron chi connectivity index (χ2n) is 3.30. The number of hydrogen-bond donors (Lipinski definition) is 0. The normalized spacial score (nSPS) is 22.2. The highest BCUT2D eigenvalue weighted by molar-refractivity contribution is 5.44. The molecule has 0 radical (unpaired) electrons. The van der Waals surface area contributed by atoms with E-state index < -0.39 is 0 Å². The molecule has 1 saturated heterocycles. The van der Waals surface area contributed by atoms with Crippen molar-refractivity contribution >= 4 is 5.69 Å². The van der Waals surface area contributed by atoms with Crippen LogP contribution < -0.4 is 4.90 Å². The molecule has 0 bridgehead atoms. The van der Waals surface area contributed by atoms with Gasteiger partial charge in [-0.05, 0) is 18.6 Å². The number of pyridine rings is 1. The van der Waals surface area contributed by atoms with E-state index in [1.807, 2.05) is 12.3 Å². The molecule has 1 unspecified atom stereocenters. The molecule has 13 heavy (non-hydrogen) atoms. The van der Waals surface area contributed by atoms with Gasteiger partial charge in [-0.15, -0.1) is 0 Å². The predicted octanol–water partition coefficient (Wildman–Crippen LogP) is 1.31. The van der Waals surface area contributed by atoms with Gasteiger partial charge in [-0.25, -0.2) is 0 Å². The Bertz CT molecular complexity index is 263. The Kier molecular flexibility index (Phi) is 2.45. The molecule has 0 N–H and O–H groups in total. The molecular weight excluding hydrogens is 164 g/mol. The highest BCUT2D eigenvalue weighted by Crippen LogP contribution is 2.19. The molecule has 1 aromatic rings. The molecule has 3 nitrogen and oxygen atoms in total. The molecule has 0 saturated carbocycles. The maximum atomic E-state index is 5.30. The van der Waals surface area contributed by atoms with Crippen LogP contribution in [0.25, 0.3) is 0 Å². The van der Waals surface area contributed by atoms with Gasteiger partial charge in [0, 0.05) is 26.4 Å². The summed E-state index contributed by atoms with van der Waals surface area (Å²) in [5.41, 5.74) is 1.20. The summed E-state index contributed by atoms with van der Waals surface area (Å²) >= 11 is 0. The van der Waals surface area contributed by atoms with E-state index in [9.17, 15) is 0 Å². The van der Waals surface area contributed by atoms with E-state index in [1.165, 1.54) is 5.69 Å². The summed E-state index contributed by atoms with van der Waals surface area (Å²) in [6.45, 7) is 2.06. The van der Waals surface area contributed by atoms with Gasteiger partial charge in [0.05, 0.1) is 18.0 Å². The van der Waals surface area contributed by atoms with Crippen molar-refractivity contribution in [1.82, 2.24) is 4.98 Å². The van der Waals surface area contributed by atoms with Gasteiger partial charge in [0.25, 0.3) is 0 Å². The Labute approximate surface area is 78.3 Å². The van der Waals surface area contributed by atoms with E-state index in [-0.39, 0.29) is 0 Å². The second-order valence-corrected chi connectivity index (χ2v) is 3.30. The van der Waals surface area contributed by atoms with Crippen LogP contribution in [0.3, 0.4) is 0 Å². The van der Waals surface area contributed by atoms with Crippen molar-refractivity contribution in [3.8, 4) is 0 Å². The Morgan fingerprint density at radius 2 is 2.54 bits per heavy atom. The first-order valence-electron chi connectivity index (χ1n) is 4.58. The van der Waals surface area contributed by atoms with Crippen molar-refractivity contribution in [2.24, 2.45) is 0 Å². The van der Waals surface area contributed by atoms with Crippen molar-refractivity contribution < 1.29 is 4.74 Å². The molecule has 1 atom stereocenters. The summed E-state index contributed by atoms with van der Waals surface area (Å²) in [7, 11) is 1.78. The zero-order chi connectivity index (χ0) is 9.10. The van der Waals surface area contributed by atoms with Crippen molar-refractivity contribution in [2.75, 3.05) is 25.1 Å². The monoisotopic (exact) mass is 178 g/mol. The Morgan fingerprint density at radius 1 is 1.62 bits per heavy atom. The highest BCUT2D eigenvalue weighted by atomic mass is 16.5. The third-order valence-corrected chi connectivity index (χ3v) is 2.49. The molecule has 0 aromatic carbocycles. The van der Waals surface area contributed by atoms with Crippen molar-refractivity contribution in [3.63, 3.8) is 0 Å². The van der Waals surface area contributed by atoms with Gasteiger partial charge in [0.2, 0.25) is 0 Å². The minimum absolute atomic E-state index is 0.389. The number of nitrogens with zero attached hydrogens (tertiary/aromatic N) is 2. The lowest BCUT2D eigenvalue weighted by Crippen LogP contribution is -2.22. The molecule has 0 amide bonds. The number of hydrogen-bond acceptors (Lipinski definition) is 3. The number of ether oxygens (including phenoxy) is 1. The van der Waals surface area contributed by atoms with Crippen LogP contribution >= 0.6 is 0 Å². The summed E-state index contributed by atoms with van der Waals surface area (Å²) in [4.78, 5) is 6.40. The van der Waals surface area contributed by atoms with Crippen LogP contribution in [0, 0.1) is 0 Å². The molecular formula is C10H14N2O. The van der Waals surface area contributed by atoms with Gasteiger partial charge < -0.3 is 9.64 Å². The molecule has 0 aliphatic carbocycles. The molecule has 1 aromatic heterocycles. The molecule has 1 fully saturated rings. The van der Waals surface area contributed by atoms with E-state index in [4.69, 9.17) is 4.74 Å². The van der Waals surface area contributed by atoms with E-state index >= 15 is 0 Å². The van der Waals surface area contributed by atoms with E-state index in [0.717, 1.165) is 19.5 Å². The molecule has 0 spiro atoms. The fourth-order valence-corrected chi connectivity index (χ4v) is 1.70. The number of methoxy groups -OCH3 is 1. The topological polar surface area (TPSA) is 25.4 Å². The zero-order valence-corrected chi connectivity index (χ0v) is 7.81. The van der Waals surface area contributed by atoms with Gasteiger partial charge in [0.1, 0.15) is 0 Å². The molecule has 3 heteroatoms. The molecule has 1 aliphatic rings. The summed E-state index contributed by atoms with van der Waals surface area (Å²) < 4.78 is 5.30. The Hall–Kier alpha value is -1.09. The number of anilines is 1. The summed E-state index contributed by atoms with van der Waals surface area (Å²) in [6.07, 6.45) is 5.21. The maximum absolute atomic E-state index is 5.30. The van der Waals surface area contributed by atoms with Crippen LogP contribution in [0.1, 0.15) is 6.42 Å². The number of aromatic nitrogens is 1. The maximum Gasteiger partial charge on any atom is 0.0762 e. The van der Waals surface area contributed by atoms with Crippen molar-refractivity contribution in [3.05, 3.63) is 24.5 Å². The van der Waals surface area contributed by atoms with E-state index in [0.29, 0.717) is 6.10 Å². The molecule has 1 aliphatic heterocycles. The Balaban J connectivity index is 2.04. The second kappa shape index (κ2) is 3.75. The summed E-state index contributed by atoms with van der Waals surface area (Å²) in [6, 6.07) is 4.06. The first-order valence-corrected chi connectivity index (χ1v) is 4.58. The van der Waals surface area contributed by atoms with Crippen LogP contribution in [-0.2, 0) is 4.74 Å². The summed E-state index contributed by atoms with van der Waals surface area (Å²) in [5.74, 6) is 0. The molecule has 2 rings (SSSR count). The highest BCUT2D eigenvalue weighted by Gasteiger charge is 2.21. The smallest absolute Gasteiger partial charge is 0.0762 e. The fraction of sp³-hybridized carbons (Fsp3) is 0.500. The van der Waals surface area contributed by atoms with Crippen LogP contribution in [-0.4, -0.2) is 31.3 Å². The van der Waals surface area contributed by atoms with Gasteiger partial charge >= 0.3 is 0 Å². The van der Waals surface area contributed by atoms with E-state index in [2.05, 4.69) is 16.0 Å². The standard InChI is InChI=1S/C10H14N2O/c1-13-10-4-6-12(8-10)9-3-2-5-11-7-9/h2-3,5,7,10H,4,6,8H2,1H3. The predicted molar refractivity (Wildman–Crippen MR) is 51.9 cm³/mol. The fourth-order valence-electron chi connectivity index (χ4n) is 1.70. The average molecular weight is 178 g/mol. The molecule has 70 valence electrons. The van der Waals surface area contributed by atoms with E-state index in [1.54, 1.807) is 13.3 Å². The third kappa shape index (κ3) is 1.80. The molecule has 2 heterocycles. The van der Waals surface area contributed by atoms with Gasteiger partial charge in [-0.1, -0.05) is 0 Å². The lowest BCUT2D eigenvalue weighted by Gasteiger charge is -2.17. The van der Waals surface area contributed by atoms with Crippen LogP contribution in [0.15, 0.2) is 24.5 Å². The zero-order valence-electron chi connectivity index (χ0n) is 7.81. The quantitative estimate of drug-likeness (QED) is 0.682. The minimum Gasteiger partial charge on any atom is -0.380 e. The van der Waals surface area contributed by atoms with Gasteiger partial charge in [0.15, 0.2) is 0 Å². The Morgan fingerprint density at radius 3 is 3.15 bits per heavy atom. The van der Waals surface area contributed by atoms with Gasteiger partial charge in [-0.3, -0.25) is 4.98 Å². The summed E-state index contributed by atoms with van der Waals surface area (Å²) in [5, 5.41) is 0. The lowest BCUT2D eigenvalue weighted by molar-refractivity contribution is 0.121. The first kappa shape index (κ1) is 8.51. The van der Waals surface area contributed by atoms with Crippen LogP contribution in [0.5, 0.6) is 0 Å². The first-order chi connectivity index (χ1) is 6.40. The largest absolute Gasteiger partial charge is 0.380 e. The van der Waals surface area contributed by atoms with Crippen LogP contribution in [0.4, 0.5) is 5.69 Å². The average Bonchev–Trinajstić information content (AvgIpc) is 2.67. The van der Waals surface area contributed by atoms with Crippen LogP contribution in [0.2, 0.25) is 0 Å². The van der Waals surface area contributed by atoms with Crippen molar-refractivity contribution in [1.29, 1.82) is 0 Å².